The summed E-state index contributed by atoms with van der Waals surface area (Å²) in [7, 11) is 1.55. The van der Waals surface area contributed by atoms with Crippen molar-refractivity contribution in [2.24, 2.45) is 0 Å². The number of ether oxygens (including phenoxy) is 1. The first-order valence-electron chi connectivity index (χ1n) is 13.8. The number of halogens is 1. The molecule has 210 valence electrons. The molecule has 2 amide bonds. The van der Waals surface area contributed by atoms with Gasteiger partial charge in [0, 0.05) is 31.6 Å². The fourth-order valence-electron chi connectivity index (χ4n) is 5.81. The molecule has 8 nitrogen and oxygen atoms in total. The second kappa shape index (κ2) is 11.6. The van der Waals surface area contributed by atoms with Gasteiger partial charge >= 0.3 is 0 Å². The molecule has 2 aliphatic rings. The smallest absolute Gasteiger partial charge is 0.248 e. The van der Waals surface area contributed by atoms with Gasteiger partial charge in [0.1, 0.15) is 6.61 Å². The zero-order valence-electron chi connectivity index (χ0n) is 23.5. The van der Waals surface area contributed by atoms with Gasteiger partial charge in [0.2, 0.25) is 17.8 Å². The van der Waals surface area contributed by atoms with Gasteiger partial charge in [-0.2, -0.15) is 0 Å². The number of methoxy groups -OCH3 is 1. The Balaban J connectivity index is 1.25. The van der Waals surface area contributed by atoms with E-state index in [0.29, 0.717) is 29.7 Å². The molecule has 0 bridgehead atoms. The number of aryl methyl sites for hydroxylation is 3. The Morgan fingerprint density at radius 2 is 1.98 bits per heavy atom. The van der Waals surface area contributed by atoms with Crippen molar-refractivity contribution in [3.05, 3.63) is 75.6 Å². The second-order valence-corrected chi connectivity index (χ2v) is 11.6. The molecule has 2 aromatic carbocycles. The lowest BCUT2D eigenvalue weighted by Gasteiger charge is -2.32. The van der Waals surface area contributed by atoms with Crippen molar-refractivity contribution in [1.29, 1.82) is 0 Å². The number of benzene rings is 2. The Labute approximate surface area is 240 Å². The van der Waals surface area contributed by atoms with Gasteiger partial charge < -0.3 is 20.3 Å². The number of likely N-dealkylation sites (tertiary alicyclic amines) is 1. The standard InChI is InChI=1S/C31H36ClN5O3/c1-19-16-22(20-12-14-37(15-13-20)27(38)18-40-4)9-10-24(19)35-30-33-17-23(32)25(36-30)11-8-21-6-5-7-26-28(21)31(2,3)29(39)34-26/h5-7,9-10,16-17,20H,8,11-15,18H2,1-4H3,(H,34,39)(H,33,35,36). The summed E-state index contributed by atoms with van der Waals surface area (Å²) in [5.74, 6) is 0.997. The molecule has 2 N–H and O–H groups in total. The van der Waals surface area contributed by atoms with Crippen LogP contribution in [0.1, 0.15) is 60.6 Å². The minimum absolute atomic E-state index is 0.0190. The molecule has 0 spiro atoms. The molecule has 0 unspecified atom stereocenters. The fourth-order valence-corrected chi connectivity index (χ4v) is 6.00. The Bertz CT molecular complexity index is 1430. The third-order valence-corrected chi connectivity index (χ3v) is 8.44. The Kier molecular flexibility index (Phi) is 8.10. The van der Waals surface area contributed by atoms with Gasteiger partial charge in [0.15, 0.2) is 0 Å². The van der Waals surface area contributed by atoms with E-state index in [1.54, 1.807) is 13.3 Å². The number of fused-ring (bicyclic) bond motifs is 1. The number of anilines is 3. The second-order valence-electron chi connectivity index (χ2n) is 11.2. The summed E-state index contributed by atoms with van der Waals surface area (Å²) in [6.45, 7) is 7.64. The van der Waals surface area contributed by atoms with Crippen molar-refractivity contribution >= 4 is 40.7 Å². The molecule has 1 saturated heterocycles. The van der Waals surface area contributed by atoms with E-state index in [9.17, 15) is 9.59 Å². The van der Waals surface area contributed by atoms with E-state index in [-0.39, 0.29) is 18.4 Å². The third kappa shape index (κ3) is 5.69. The highest BCUT2D eigenvalue weighted by Gasteiger charge is 2.39. The third-order valence-electron chi connectivity index (χ3n) is 8.12. The number of carbonyl (C=O) groups is 2. The van der Waals surface area contributed by atoms with E-state index in [1.165, 1.54) is 5.56 Å². The van der Waals surface area contributed by atoms with Crippen LogP contribution in [0.25, 0.3) is 0 Å². The van der Waals surface area contributed by atoms with Crippen molar-refractivity contribution < 1.29 is 14.3 Å². The van der Waals surface area contributed by atoms with Crippen LogP contribution in [0.3, 0.4) is 0 Å². The van der Waals surface area contributed by atoms with Crippen molar-refractivity contribution in [3.63, 3.8) is 0 Å². The highest BCUT2D eigenvalue weighted by Crippen LogP contribution is 2.40. The molecular formula is C31H36ClN5O3. The van der Waals surface area contributed by atoms with Gasteiger partial charge in [-0.05, 0) is 86.8 Å². The van der Waals surface area contributed by atoms with Gasteiger partial charge in [0.25, 0.3) is 0 Å². The molecule has 0 atom stereocenters. The summed E-state index contributed by atoms with van der Waals surface area (Å²) in [5, 5.41) is 6.88. The predicted octanol–water partition coefficient (Wildman–Crippen LogP) is 5.55. The Morgan fingerprint density at radius 1 is 1.20 bits per heavy atom. The largest absolute Gasteiger partial charge is 0.375 e. The zero-order chi connectivity index (χ0) is 28.4. The van der Waals surface area contributed by atoms with Crippen LogP contribution in [-0.2, 0) is 32.6 Å². The topological polar surface area (TPSA) is 96.5 Å². The van der Waals surface area contributed by atoms with Gasteiger partial charge in [-0.1, -0.05) is 35.9 Å². The number of hydrogen-bond acceptors (Lipinski definition) is 6. The number of aromatic nitrogens is 2. The maximum atomic E-state index is 12.5. The number of nitrogens with zero attached hydrogens (tertiary/aromatic N) is 3. The molecule has 1 aromatic heterocycles. The maximum Gasteiger partial charge on any atom is 0.248 e. The lowest BCUT2D eigenvalue weighted by atomic mass is 9.82. The highest BCUT2D eigenvalue weighted by molar-refractivity contribution is 6.31. The first kappa shape index (κ1) is 28.1. The molecular weight excluding hydrogens is 526 g/mol. The summed E-state index contributed by atoms with van der Waals surface area (Å²) in [6.07, 6.45) is 4.86. The first-order valence-corrected chi connectivity index (χ1v) is 14.1. The molecule has 0 aliphatic carbocycles. The van der Waals surface area contributed by atoms with Crippen LogP contribution in [0.15, 0.2) is 42.6 Å². The predicted molar refractivity (Wildman–Crippen MR) is 157 cm³/mol. The quantitative estimate of drug-likeness (QED) is 0.374. The van der Waals surface area contributed by atoms with Crippen LogP contribution in [0.5, 0.6) is 0 Å². The number of hydrogen-bond donors (Lipinski definition) is 2. The van der Waals surface area contributed by atoms with Crippen molar-refractivity contribution in [2.45, 2.75) is 57.8 Å². The molecule has 5 rings (SSSR count). The molecule has 40 heavy (non-hydrogen) atoms. The molecule has 1 fully saturated rings. The van der Waals surface area contributed by atoms with Gasteiger partial charge in [-0.25, -0.2) is 9.97 Å². The van der Waals surface area contributed by atoms with Crippen LogP contribution >= 0.6 is 11.6 Å². The van der Waals surface area contributed by atoms with E-state index in [2.05, 4.69) is 46.8 Å². The molecule has 0 saturated carbocycles. The number of piperidine rings is 1. The van der Waals surface area contributed by atoms with Gasteiger partial charge in [-0.15, -0.1) is 0 Å². The molecule has 9 heteroatoms. The van der Waals surface area contributed by atoms with Crippen molar-refractivity contribution in [3.8, 4) is 0 Å². The molecule has 2 aliphatic heterocycles. The van der Waals surface area contributed by atoms with Gasteiger partial charge in [-0.3, -0.25) is 9.59 Å². The van der Waals surface area contributed by atoms with Crippen LogP contribution in [-0.4, -0.2) is 53.5 Å². The van der Waals surface area contributed by atoms with Crippen LogP contribution in [0.4, 0.5) is 17.3 Å². The SMILES string of the molecule is COCC(=O)N1CCC(c2ccc(Nc3ncc(Cl)c(CCc4cccc5c4C(C)(C)C(=O)N5)n3)c(C)c2)CC1. The van der Waals surface area contributed by atoms with Crippen LogP contribution in [0, 0.1) is 6.92 Å². The van der Waals surface area contributed by atoms with Gasteiger partial charge in [0.05, 0.1) is 22.3 Å². The number of nitrogens with one attached hydrogen (secondary N) is 2. The average Bonchev–Trinajstić information content (AvgIpc) is 3.18. The molecule has 0 radical (unpaired) electrons. The number of amides is 2. The Morgan fingerprint density at radius 3 is 2.70 bits per heavy atom. The Hall–Kier alpha value is -3.49. The lowest BCUT2D eigenvalue weighted by molar-refractivity contribution is -0.136. The van der Waals surface area contributed by atoms with Crippen molar-refractivity contribution in [1.82, 2.24) is 14.9 Å². The number of carbonyl (C=O) groups excluding carboxylic acids is 2. The average molecular weight is 562 g/mol. The maximum absolute atomic E-state index is 12.5. The number of rotatable bonds is 8. The fraction of sp³-hybridized carbons (Fsp3) is 0.419. The minimum Gasteiger partial charge on any atom is -0.375 e. The lowest BCUT2D eigenvalue weighted by Crippen LogP contribution is -2.39. The molecule has 3 heterocycles. The summed E-state index contributed by atoms with van der Waals surface area (Å²) in [6, 6.07) is 12.4. The van der Waals surface area contributed by atoms with E-state index in [1.807, 2.05) is 30.9 Å². The minimum atomic E-state index is -0.573. The van der Waals surface area contributed by atoms with Crippen molar-refractivity contribution in [2.75, 3.05) is 37.4 Å². The normalized spacial score (nSPS) is 16.5. The first-order chi connectivity index (χ1) is 19.2. The highest BCUT2D eigenvalue weighted by atomic mass is 35.5. The zero-order valence-corrected chi connectivity index (χ0v) is 24.3. The van der Waals surface area contributed by atoms with E-state index in [0.717, 1.165) is 59.7 Å². The summed E-state index contributed by atoms with van der Waals surface area (Å²) >= 11 is 6.50. The summed E-state index contributed by atoms with van der Waals surface area (Å²) in [4.78, 5) is 35.6. The van der Waals surface area contributed by atoms with E-state index in [4.69, 9.17) is 21.3 Å². The molecule has 3 aromatic rings. The summed E-state index contributed by atoms with van der Waals surface area (Å²) in [5.41, 5.74) is 6.56. The summed E-state index contributed by atoms with van der Waals surface area (Å²) < 4.78 is 4.99. The van der Waals surface area contributed by atoms with E-state index >= 15 is 0 Å². The van der Waals surface area contributed by atoms with Crippen LogP contribution in [0.2, 0.25) is 5.02 Å². The monoisotopic (exact) mass is 561 g/mol. The van der Waals surface area contributed by atoms with Crippen LogP contribution < -0.4 is 10.6 Å². The van der Waals surface area contributed by atoms with E-state index < -0.39 is 5.41 Å².